The van der Waals surface area contributed by atoms with Gasteiger partial charge in [-0.3, -0.25) is 20.4 Å². The Balaban J connectivity index is 1.71. The number of ether oxygens (including phenoxy) is 2. The van der Waals surface area contributed by atoms with E-state index in [1.165, 1.54) is 0 Å². The number of benzene rings is 1. The lowest BCUT2D eigenvalue weighted by molar-refractivity contribution is -0.122. The van der Waals surface area contributed by atoms with Gasteiger partial charge < -0.3 is 14.5 Å². The lowest BCUT2D eigenvalue weighted by atomic mass is 10.3. The molecule has 1 heterocycles. The van der Waals surface area contributed by atoms with Crippen LogP contribution in [0.5, 0.6) is 11.5 Å². The molecule has 2 amide bonds. The molecule has 3 N–H and O–H groups in total. The summed E-state index contributed by atoms with van der Waals surface area (Å²) in [7, 11) is 1.55. The van der Waals surface area contributed by atoms with Gasteiger partial charge >= 0.3 is 0 Å². The van der Waals surface area contributed by atoms with Gasteiger partial charge in [0.05, 0.1) is 20.1 Å². The number of methoxy groups -OCH3 is 1. The molecule has 0 bridgehead atoms. The molecule has 22 heavy (non-hydrogen) atoms. The molecule has 1 aromatic carbocycles. The number of hydrogen-bond donors (Lipinski definition) is 3. The Labute approximate surface area is 127 Å². The van der Waals surface area contributed by atoms with Crippen molar-refractivity contribution in [1.82, 2.24) is 15.8 Å². The van der Waals surface area contributed by atoms with E-state index in [0.717, 1.165) is 0 Å². The molecule has 1 aromatic heterocycles. The van der Waals surface area contributed by atoms with Crippen molar-refractivity contribution in [3.63, 3.8) is 0 Å². The van der Waals surface area contributed by atoms with Crippen LogP contribution in [0.25, 0.3) is 0 Å². The Morgan fingerprint density at radius 2 is 1.86 bits per heavy atom. The van der Waals surface area contributed by atoms with Crippen LogP contribution in [0, 0.1) is 0 Å². The van der Waals surface area contributed by atoms with E-state index in [1.807, 2.05) is 12.1 Å². The number of amides is 2. The molecule has 0 spiro atoms. The highest BCUT2D eigenvalue weighted by molar-refractivity contribution is 5.93. The molecule has 0 saturated heterocycles. The molecule has 0 fully saturated rings. The van der Waals surface area contributed by atoms with E-state index in [2.05, 4.69) is 15.8 Å². The van der Waals surface area contributed by atoms with Gasteiger partial charge in [-0.25, -0.2) is 0 Å². The fraction of sp³-hybridized carbons (Fsp3) is 0.200. The Morgan fingerprint density at radius 1 is 1.09 bits per heavy atom. The predicted octanol–water partition coefficient (Wildman–Crippen LogP) is 1.25. The molecule has 116 valence electrons. The topological polar surface area (TPSA) is 92.4 Å². The Morgan fingerprint density at radius 3 is 2.55 bits per heavy atom. The van der Waals surface area contributed by atoms with Gasteiger partial charge in [0.1, 0.15) is 5.69 Å². The second-order valence-corrected chi connectivity index (χ2v) is 4.34. The van der Waals surface area contributed by atoms with Crippen LogP contribution in [-0.2, 0) is 4.79 Å². The normalized spacial score (nSPS) is 9.86. The van der Waals surface area contributed by atoms with Gasteiger partial charge in [0.25, 0.3) is 5.91 Å². The Kier molecular flexibility index (Phi) is 5.42. The van der Waals surface area contributed by atoms with Gasteiger partial charge in [0.2, 0.25) is 5.91 Å². The number of hydrazine groups is 1. The molecular weight excluding hydrogens is 286 g/mol. The van der Waals surface area contributed by atoms with Gasteiger partial charge in [-0.1, -0.05) is 12.1 Å². The second-order valence-electron chi connectivity index (χ2n) is 4.34. The van der Waals surface area contributed by atoms with Gasteiger partial charge in [-0.2, -0.15) is 0 Å². The fourth-order valence-corrected chi connectivity index (χ4v) is 1.72. The van der Waals surface area contributed by atoms with Crippen LogP contribution in [0.2, 0.25) is 0 Å². The number of nitrogens with one attached hydrogen (secondary N) is 3. The summed E-state index contributed by atoms with van der Waals surface area (Å²) in [5.41, 5.74) is 4.99. The summed E-state index contributed by atoms with van der Waals surface area (Å²) >= 11 is 0. The van der Waals surface area contributed by atoms with Gasteiger partial charge in [0.15, 0.2) is 11.5 Å². The average Bonchev–Trinajstić information content (AvgIpc) is 3.07. The largest absolute Gasteiger partial charge is 0.493 e. The maximum atomic E-state index is 11.6. The molecule has 0 unspecified atom stereocenters. The van der Waals surface area contributed by atoms with Crippen LogP contribution in [0.4, 0.5) is 0 Å². The third-order valence-electron chi connectivity index (χ3n) is 2.81. The SMILES string of the molecule is COc1ccccc1OCCC(=O)NNC(=O)c1ccc[nH]1. The zero-order valence-corrected chi connectivity index (χ0v) is 12.1. The summed E-state index contributed by atoms with van der Waals surface area (Å²) in [5, 5.41) is 0. The summed E-state index contributed by atoms with van der Waals surface area (Å²) in [6.07, 6.45) is 1.72. The monoisotopic (exact) mass is 303 g/mol. The molecule has 2 rings (SSSR count). The van der Waals surface area contributed by atoms with Crippen molar-refractivity contribution in [2.75, 3.05) is 13.7 Å². The predicted molar refractivity (Wildman–Crippen MR) is 79.5 cm³/mol. The number of carbonyl (C=O) groups is 2. The maximum Gasteiger partial charge on any atom is 0.286 e. The minimum absolute atomic E-state index is 0.100. The third-order valence-corrected chi connectivity index (χ3v) is 2.81. The van der Waals surface area contributed by atoms with Crippen molar-refractivity contribution in [3.8, 4) is 11.5 Å². The standard InChI is InChI=1S/C15H17N3O4/c1-21-12-6-2-3-7-13(12)22-10-8-14(19)17-18-15(20)11-5-4-9-16-11/h2-7,9,16H,8,10H2,1H3,(H,17,19)(H,18,20). The molecule has 0 aliphatic carbocycles. The lowest BCUT2D eigenvalue weighted by Crippen LogP contribution is -2.42. The van der Waals surface area contributed by atoms with E-state index < -0.39 is 5.91 Å². The van der Waals surface area contributed by atoms with E-state index in [1.54, 1.807) is 37.6 Å². The molecule has 0 radical (unpaired) electrons. The lowest BCUT2D eigenvalue weighted by Gasteiger charge is -2.10. The smallest absolute Gasteiger partial charge is 0.286 e. The van der Waals surface area contributed by atoms with Crippen molar-refractivity contribution in [2.45, 2.75) is 6.42 Å². The van der Waals surface area contributed by atoms with Crippen LogP contribution in [-0.4, -0.2) is 30.5 Å². The van der Waals surface area contributed by atoms with Crippen LogP contribution in [0.1, 0.15) is 16.9 Å². The fourth-order valence-electron chi connectivity index (χ4n) is 1.72. The maximum absolute atomic E-state index is 11.6. The zero-order valence-electron chi connectivity index (χ0n) is 12.1. The van der Waals surface area contributed by atoms with E-state index in [-0.39, 0.29) is 18.9 Å². The van der Waals surface area contributed by atoms with Crippen molar-refractivity contribution in [2.24, 2.45) is 0 Å². The number of hydrogen-bond acceptors (Lipinski definition) is 4. The quantitative estimate of drug-likeness (QED) is 0.700. The van der Waals surface area contributed by atoms with Crippen molar-refractivity contribution >= 4 is 11.8 Å². The first-order valence-corrected chi connectivity index (χ1v) is 6.69. The van der Waals surface area contributed by atoms with E-state index in [4.69, 9.17) is 9.47 Å². The highest BCUT2D eigenvalue weighted by atomic mass is 16.5. The third kappa shape index (κ3) is 4.27. The molecule has 0 atom stereocenters. The van der Waals surface area contributed by atoms with Crippen LogP contribution in [0.3, 0.4) is 0 Å². The first-order valence-electron chi connectivity index (χ1n) is 6.69. The molecule has 7 heteroatoms. The molecule has 2 aromatic rings. The Hall–Kier alpha value is -2.96. The summed E-state index contributed by atoms with van der Waals surface area (Å²) in [6.45, 7) is 0.171. The van der Waals surface area contributed by atoms with Gasteiger partial charge in [0, 0.05) is 6.20 Å². The number of aromatic amines is 1. The molecule has 0 saturated carbocycles. The summed E-state index contributed by atoms with van der Waals surface area (Å²) < 4.78 is 10.6. The average molecular weight is 303 g/mol. The van der Waals surface area contributed by atoms with Crippen LogP contribution < -0.4 is 20.3 Å². The molecular formula is C15H17N3O4. The number of rotatable bonds is 6. The van der Waals surface area contributed by atoms with Crippen LogP contribution in [0.15, 0.2) is 42.6 Å². The number of carbonyl (C=O) groups excluding carboxylic acids is 2. The van der Waals surface area contributed by atoms with E-state index in [9.17, 15) is 9.59 Å². The molecule has 0 aliphatic rings. The van der Waals surface area contributed by atoms with E-state index in [0.29, 0.717) is 17.2 Å². The van der Waals surface area contributed by atoms with Crippen molar-refractivity contribution in [3.05, 3.63) is 48.3 Å². The molecule has 0 aliphatic heterocycles. The number of aromatic nitrogens is 1. The molecule has 7 nitrogen and oxygen atoms in total. The first-order chi connectivity index (χ1) is 10.7. The highest BCUT2D eigenvalue weighted by Crippen LogP contribution is 2.25. The van der Waals surface area contributed by atoms with E-state index >= 15 is 0 Å². The van der Waals surface area contributed by atoms with Crippen molar-refractivity contribution in [1.29, 1.82) is 0 Å². The Bertz CT molecular complexity index is 625. The summed E-state index contributed by atoms with van der Waals surface area (Å²) in [5.74, 6) is 0.398. The highest BCUT2D eigenvalue weighted by Gasteiger charge is 2.08. The second kappa shape index (κ2) is 7.72. The van der Waals surface area contributed by atoms with Gasteiger partial charge in [-0.15, -0.1) is 0 Å². The zero-order chi connectivity index (χ0) is 15.8. The summed E-state index contributed by atoms with van der Waals surface area (Å²) in [6, 6.07) is 10.5. The number of para-hydroxylation sites is 2. The summed E-state index contributed by atoms with van der Waals surface area (Å²) in [4.78, 5) is 25.9. The minimum atomic E-state index is -0.413. The van der Waals surface area contributed by atoms with Gasteiger partial charge in [-0.05, 0) is 24.3 Å². The first kappa shape index (κ1) is 15.4. The van der Waals surface area contributed by atoms with Crippen molar-refractivity contribution < 1.29 is 19.1 Å². The van der Waals surface area contributed by atoms with Crippen LogP contribution >= 0.6 is 0 Å². The minimum Gasteiger partial charge on any atom is -0.493 e. The number of H-pyrrole nitrogens is 1.